The molecule has 0 saturated carbocycles. The lowest BCUT2D eigenvalue weighted by atomic mass is 9.87. The number of nitrogens with two attached hydrogens (primary N) is 1. The summed E-state index contributed by atoms with van der Waals surface area (Å²) in [5.41, 5.74) is 5.37. The first-order valence-electron chi connectivity index (χ1n) is 10.1. The van der Waals surface area contributed by atoms with Crippen molar-refractivity contribution in [3.8, 4) is 0 Å². The first-order chi connectivity index (χ1) is 14.6. The Balaban J connectivity index is 2.94. The van der Waals surface area contributed by atoms with E-state index in [2.05, 4.69) is 5.32 Å². The van der Waals surface area contributed by atoms with Crippen molar-refractivity contribution in [1.82, 2.24) is 10.2 Å². The van der Waals surface area contributed by atoms with Crippen LogP contribution >= 0.6 is 0 Å². The fourth-order valence-electron chi connectivity index (χ4n) is 2.97. The summed E-state index contributed by atoms with van der Waals surface area (Å²) in [6.07, 6.45) is -1.69. The highest BCUT2D eigenvalue weighted by Gasteiger charge is 2.44. The number of amides is 1. The molecule has 12 nitrogen and oxygen atoms in total. The number of carbonyl (C=O) groups excluding carboxylic acids is 1. The molecule has 0 spiro atoms. The lowest BCUT2D eigenvalue weighted by Crippen LogP contribution is -2.56. The van der Waals surface area contributed by atoms with Crippen LogP contribution in [0.1, 0.15) is 26.7 Å². The van der Waals surface area contributed by atoms with E-state index in [0.29, 0.717) is 13.2 Å². The van der Waals surface area contributed by atoms with Gasteiger partial charge in [0, 0.05) is 26.1 Å². The molecule has 0 bridgehead atoms. The summed E-state index contributed by atoms with van der Waals surface area (Å²) < 4.78 is 16.3. The van der Waals surface area contributed by atoms with Gasteiger partial charge in [-0.25, -0.2) is 9.59 Å². The molecule has 31 heavy (non-hydrogen) atoms. The maximum atomic E-state index is 12.5. The van der Waals surface area contributed by atoms with Gasteiger partial charge in [-0.2, -0.15) is 0 Å². The maximum Gasteiger partial charge on any atom is 0.410 e. The molecule has 1 rings (SSSR count). The zero-order chi connectivity index (χ0) is 23.6. The zero-order valence-electron chi connectivity index (χ0n) is 18.1. The van der Waals surface area contributed by atoms with Crippen LogP contribution in [0.2, 0.25) is 0 Å². The van der Waals surface area contributed by atoms with Gasteiger partial charge in [-0.1, -0.05) is 20.3 Å². The third-order valence-electron chi connectivity index (χ3n) is 4.86. The van der Waals surface area contributed by atoms with E-state index in [1.54, 1.807) is 6.92 Å². The molecule has 0 aromatic rings. The van der Waals surface area contributed by atoms with Crippen molar-refractivity contribution in [2.45, 2.75) is 51.0 Å². The predicted octanol–water partition coefficient (Wildman–Crippen LogP) is -0.552. The minimum atomic E-state index is -1.53. The Hall–Kier alpha value is -2.57. The van der Waals surface area contributed by atoms with Gasteiger partial charge in [0.15, 0.2) is 12.1 Å². The number of nitrogens with zero attached hydrogens (tertiary/aromatic N) is 1. The second-order valence-corrected chi connectivity index (χ2v) is 7.35. The molecule has 1 heterocycles. The predicted molar refractivity (Wildman–Crippen MR) is 110 cm³/mol. The van der Waals surface area contributed by atoms with Crippen molar-refractivity contribution in [2.24, 2.45) is 11.7 Å². The molecular formula is C19H34N4O8. The number of hydrogen-bond donors (Lipinski definition) is 6. The molecule has 7 N–H and O–H groups in total. The van der Waals surface area contributed by atoms with Crippen molar-refractivity contribution >= 4 is 18.0 Å². The summed E-state index contributed by atoms with van der Waals surface area (Å²) in [6, 6.07) is -0.737. The standard InChI is InChI=1S/C19H34N4O8/c1-4-5-7-29-8-6-23(3)19(28)31-16(13(25)10-24)15-11(2)12(22-18(20)21)9-14(30-15)17(26)27/h9,11-13,15-16,24-25H,4-8,10H2,1-3H3,(H,26,27)(H4,20,21,22)/t11-,12+,13-,15-,16-/m1/s1. The fourth-order valence-corrected chi connectivity index (χ4v) is 2.97. The van der Waals surface area contributed by atoms with Gasteiger partial charge in [-0.15, -0.1) is 0 Å². The van der Waals surface area contributed by atoms with Crippen molar-refractivity contribution in [1.29, 1.82) is 5.41 Å². The molecule has 5 atom stereocenters. The van der Waals surface area contributed by atoms with E-state index in [1.807, 2.05) is 6.92 Å². The van der Waals surface area contributed by atoms with Crippen molar-refractivity contribution < 1.29 is 39.1 Å². The van der Waals surface area contributed by atoms with Gasteiger partial charge < -0.3 is 45.5 Å². The zero-order valence-corrected chi connectivity index (χ0v) is 18.1. The number of unbranched alkanes of at least 4 members (excludes halogenated alkanes) is 1. The highest BCUT2D eigenvalue weighted by Crippen LogP contribution is 2.29. The van der Waals surface area contributed by atoms with Gasteiger partial charge in [0.2, 0.25) is 5.76 Å². The molecule has 1 amide bonds. The van der Waals surface area contributed by atoms with Gasteiger partial charge in [0.05, 0.1) is 19.3 Å². The quantitative estimate of drug-likeness (QED) is 0.129. The molecule has 0 aromatic heterocycles. The van der Waals surface area contributed by atoms with Crippen molar-refractivity contribution in [3.63, 3.8) is 0 Å². The minimum absolute atomic E-state index is 0.236. The Labute approximate surface area is 181 Å². The van der Waals surface area contributed by atoms with E-state index < -0.39 is 60.7 Å². The Morgan fingerprint density at radius 2 is 2.10 bits per heavy atom. The third kappa shape index (κ3) is 8.23. The summed E-state index contributed by atoms with van der Waals surface area (Å²) in [7, 11) is 1.49. The van der Waals surface area contributed by atoms with E-state index in [1.165, 1.54) is 18.0 Å². The number of carboxylic acid groups (broad SMARTS) is 1. The number of aliphatic hydroxyl groups excluding tert-OH is 2. The Bertz CT molecular complexity index is 644. The highest BCUT2D eigenvalue weighted by molar-refractivity contribution is 5.85. The van der Waals surface area contributed by atoms with Crippen LogP contribution in [0.5, 0.6) is 0 Å². The summed E-state index contributed by atoms with van der Waals surface area (Å²) in [4.78, 5) is 25.2. The van der Waals surface area contributed by atoms with Gasteiger partial charge in [0.1, 0.15) is 12.2 Å². The van der Waals surface area contributed by atoms with E-state index in [0.717, 1.165) is 12.8 Å². The van der Waals surface area contributed by atoms with E-state index in [-0.39, 0.29) is 6.54 Å². The van der Waals surface area contributed by atoms with Crippen LogP contribution in [0.25, 0.3) is 0 Å². The van der Waals surface area contributed by atoms with Gasteiger partial charge in [0.25, 0.3) is 0 Å². The summed E-state index contributed by atoms with van der Waals surface area (Å²) in [5.74, 6) is -2.80. The van der Waals surface area contributed by atoms with Gasteiger partial charge in [-0.05, 0) is 12.5 Å². The van der Waals surface area contributed by atoms with Crippen LogP contribution in [0.15, 0.2) is 11.8 Å². The molecule has 178 valence electrons. The molecule has 0 radical (unpaired) electrons. The summed E-state index contributed by atoms with van der Waals surface area (Å²) in [6.45, 7) is 4.05. The largest absolute Gasteiger partial charge is 0.479 e. The van der Waals surface area contributed by atoms with Crippen LogP contribution in [0, 0.1) is 11.3 Å². The normalized spacial score (nSPS) is 22.5. The van der Waals surface area contributed by atoms with E-state index in [4.69, 9.17) is 25.4 Å². The van der Waals surface area contributed by atoms with E-state index >= 15 is 0 Å². The second-order valence-electron chi connectivity index (χ2n) is 7.35. The SMILES string of the molecule is CCCCOCCN(C)C(=O)O[C@@H]([C@@H]1OC(C(=O)O)=C[C@H](NC(=N)N)[C@H]1C)[C@H](O)CO. The maximum absolute atomic E-state index is 12.5. The molecule has 0 unspecified atom stereocenters. The first-order valence-corrected chi connectivity index (χ1v) is 10.1. The molecule has 0 aliphatic carbocycles. The number of carbonyl (C=O) groups is 2. The Morgan fingerprint density at radius 1 is 1.42 bits per heavy atom. The number of carboxylic acids is 1. The van der Waals surface area contributed by atoms with Crippen molar-refractivity contribution in [2.75, 3.05) is 33.4 Å². The third-order valence-corrected chi connectivity index (χ3v) is 4.86. The molecule has 0 saturated heterocycles. The molecule has 1 aliphatic heterocycles. The number of aliphatic carboxylic acids is 1. The average Bonchev–Trinajstić information content (AvgIpc) is 2.72. The number of ether oxygens (including phenoxy) is 3. The van der Waals surface area contributed by atoms with Crippen LogP contribution in [-0.2, 0) is 19.0 Å². The molecule has 1 aliphatic rings. The number of likely N-dealkylation sites (N-methyl/N-ethyl adjacent to an activating group) is 1. The topological polar surface area (TPSA) is 188 Å². The number of hydrogen-bond acceptors (Lipinski definition) is 8. The molecule has 0 fully saturated rings. The van der Waals surface area contributed by atoms with Crippen LogP contribution < -0.4 is 11.1 Å². The highest BCUT2D eigenvalue weighted by atomic mass is 16.6. The average molecular weight is 447 g/mol. The van der Waals surface area contributed by atoms with Gasteiger partial charge >= 0.3 is 12.1 Å². The van der Waals surface area contributed by atoms with Crippen LogP contribution in [0.3, 0.4) is 0 Å². The number of rotatable bonds is 12. The number of guanidine groups is 1. The minimum Gasteiger partial charge on any atom is -0.479 e. The number of nitrogens with one attached hydrogen (secondary N) is 2. The fraction of sp³-hybridized carbons (Fsp3) is 0.737. The van der Waals surface area contributed by atoms with Crippen LogP contribution in [0.4, 0.5) is 4.79 Å². The lowest BCUT2D eigenvalue weighted by molar-refractivity contribution is -0.148. The Kier molecular flexibility index (Phi) is 11.1. The first kappa shape index (κ1) is 26.5. The van der Waals surface area contributed by atoms with E-state index in [9.17, 15) is 24.9 Å². The lowest BCUT2D eigenvalue weighted by Gasteiger charge is -2.40. The monoisotopic (exact) mass is 446 g/mol. The number of aliphatic hydroxyl groups is 2. The van der Waals surface area contributed by atoms with Crippen molar-refractivity contribution in [3.05, 3.63) is 11.8 Å². The second kappa shape index (κ2) is 13.0. The van der Waals surface area contributed by atoms with Crippen LogP contribution in [-0.4, -0.2) is 96.0 Å². The summed E-state index contributed by atoms with van der Waals surface area (Å²) in [5, 5.41) is 39.1. The molecule has 0 aromatic carbocycles. The Morgan fingerprint density at radius 3 is 2.65 bits per heavy atom. The summed E-state index contributed by atoms with van der Waals surface area (Å²) >= 11 is 0. The smallest absolute Gasteiger partial charge is 0.410 e. The molecular weight excluding hydrogens is 412 g/mol. The van der Waals surface area contributed by atoms with Gasteiger partial charge in [-0.3, -0.25) is 5.41 Å². The molecule has 12 heteroatoms.